The molecule has 3 heterocycles. The van der Waals surface area contributed by atoms with Crippen LogP contribution in [-0.2, 0) is 9.59 Å². The Kier molecular flexibility index (Phi) is 5.24. The third kappa shape index (κ3) is 3.96. The lowest BCUT2D eigenvalue weighted by Gasteiger charge is -2.20. The quantitative estimate of drug-likeness (QED) is 0.698. The number of hydrogen-bond acceptors (Lipinski definition) is 5. The van der Waals surface area contributed by atoms with Crippen LogP contribution in [0.3, 0.4) is 0 Å². The fourth-order valence-electron chi connectivity index (χ4n) is 3.32. The number of amides is 2. The Morgan fingerprint density at radius 3 is 2.83 bits per heavy atom. The number of hydrogen-bond donors (Lipinski definition) is 1. The molecule has 0 spiro atoms. The Bertz CT molecular complexity index is 1000. The van der Waals surface area contributed by atoms with Crippen molar-refractivity contribution in [1.82, 2.24) is 14.8 Å². The van der Waals surface area contributed by atoms with Crippen LogP contribution in [-0.4, -0.2) is 39.7 Å². The number of nitrogens with zero attached hydrogens (tertiary/aromatic N) is 4. The van der Waals surface area contributed by atoms with Crippen LogP contribution < -0.4 is 15.0 Å². The first-order valence-electron chi connectivity index (χ1n) is 9.45. The van der Waals surface area contributed by atoms with Crippen molar-refractivity contribution < 1.29 is 14.3 Å². The second-order valence-corrected chi connectivity index (χ2v) is 6.65. The second kappa shape index (κ2) is 8.14. The average Bonchev–Trinajstić information content (AvgIpc) is 3.39. The standard InChI is InChI=1S/C21H21N5O3/c1-2-29-18-7-4-3-6-17(18)25-14-15(12-20(25)27)21(28)24-16-8-9-19(22-13-16)26-11-5-10-23-26/h3-11,13,15H,2,12,14H2,1H3,(H,24,28). The fourth-order valence-corrected chi connectivity index (χ4v) is 3.32. The average molecular weight is 391 g/mol. The number of pyridine rings is 1. The van der Waals surface area contributed by atoms with Crippen molar-refractivity contribution in [3.05, 3.63) is 61.1 Å². The van der Waals surface area contributed by atoms with E-state index in [4.69, 9.17) is 4.74 Å². The van der Waals surface area contributed by atoms with Gasteiger partial charge in [-0.1, -0.05) is 12.1 Å². The van der Waals surface area contributed by atoms with E-state index in [1.807, 2.05) is 37.3 Å². The molecule has 0 radical (unpaired) electrons. The van der Waals surface area contributed by atoms with Crippen molar-refractivity contribution in [2.24, 2.45) is 5.92 Å². The number of rotatable bonds is 6. The maximum absolute atomic E-state index is 12.7. The van der Waals surface area contributed by atoms with Gasteiger partial charge in [0.25, 0.3) is 0 Å². The predicted octanol–water partition coefficient (Wildman–Crippen LogP) is 2.66. The molecule has 1 aliphatic heterocycles. The predicted molar refractivity (Wildman–Crippen MR) is 108 cm³/mol. The van der Waals surface area contributed by atoms with E-state index < -0.39 is 5.92 Å². The van der Waals surface area contributed by atoms with Gasteiger partial charge in [0.05, 0.1) is 30.1 Å². The minimum atomic E-state index is -0.442. The molecule has 0 saturated carbocycles. The smallest absolute Gasteiger partial charge is 0.229 e. The highest BCUT2D eigenvalue weighted by Crippen LogP contribution is 2.33. The lowest BCUT2D eigenvalue weighted by Crippen LogP contribution is -2.28. The number of para-hydroxylation sites is 2. The first kappa shape index (κ1) is 18.7. The first-order chi connectivity index (χ1) is 14.2. The monoisotopic (exact) mass is 391 g/mol. The number of ether oxygens (including phenoxy) is 1. The zero-order valence-corrected chi connectivity index (χ0v) is 16.0. The molecule has 1 aliphatic rings. The summed E-state index contributed by atoms with van der Waals surface area (Å²) in [6.07, 6.45) is 5.20. The van der Waals surface area contributed by atoms with Crippen molar-refractivity contribution in [3.63, 3.8) is 0 Å². The molecular formula is C21H21N5O3. The van der Waals surface area contributed by atoms with Gasteiger partial charge >= 0.3 is 0 Å². The summed E-state index contributed by atoms with van der Waals surface area (Å²) < 4.78 is 7.25. The van der Waals surface area contributed by atoms with Crippen LogP contribution in [0.5, 0.6) is 5.75 Å². The molecule has 1 fully saturated rings. The maximum atomic E-state index is 12.7. The number of anilines is 2. The van der Waals surface area contributed by atoms with Gasteiger partial charge in [0.1, 0.15) is 5.75 Å². The Morgan fingerprint density at radius 1 is 1.24 bits per heavy atom. The molecule has 3 aromatic rings. The topological polar surface area (TPSA) is 89.3 Å². The Balaban J connectivity index is 1.43. The molecule has 1 aromatic carbocycles. The summed E-state index contributed by atoms with van der Waals surface area (Å²) in [5.41, 5.74) is 1.27. The van der Waals surface area contributed by atoms with Crippen LogP contribution in [0.25, 0.3) is 5.82 Å². The maximum Gasteiger partial charge on any atom is 0.229 e. The zero-order chi connectivity index (χ0) is 20.2. The van der Waals surface area contributed by atoms with Gasteiger partial charge in [0, 0.05) is 25.4 Å². The number of benzene rings is 1. The highest BCUT2D eigenvalue weighted by molar-refractivity contribution is 6.04. The molecule has 1 N–H and O–H groups in total. The van der Waals surface area contributed by atoms with Gasteiger partial charge in [-0.15, -0.1) is 0 Å². The van der Waals surface area contributed by atoms with Crippen molar-refractivity contribution in [1.29, 1.82) is 0 Å². The Labute approximate surface area is 168 Å². The normalized spacial score (nSPS) is 16.1. The van der Waals surface area contributed by atoms with E-state index in [0.717, 1.165) is 0 Å². The molecule has 0 aliphatic carbocycles. The lowest BCUT2D eigenvalue weighted by molar-refractivity contribution is -0.122. The molecule has 8 nitrogen and oxygen atoms in total. The van der Waals surface area contributed by atoms with Crippen molar-refractivity contribution >= 4 is 23.2 Å². The molecule has 1 atom stereocenters. The summed E-state index contributed by atoms with van der Waals surface area (Å²) in [7, 11) is 0. The molecule has 0 bridgehead atoms. The van der Waals surface area contributed by atoms with Crippen LogP contribution in [0.1, 0.15) is 13.3 Å². The van der Waals surface area contributed by atoms with Gasteiger partial charge in [-0.2, -0.15) is 5.10 Å². The summed E-state index contributed by atoms with van der Waals surface area (Å²) in [5.74, 6) is 0.557. The Morgan fingerprint density at radius 2 is 2.10 bits per heavy atom. The van der Waals surface area contributed by atoms with E-state index in [0.29, 0.717) is 36.1 Å². The van der Waals surface area contributed by atoms with Crippen LogP contribution in [0.15, 0.2) is 61.1 Å². The van der Waals surface area contributed by atoms with Gasteiger partial charge in [-0.3, -0.25) is 9.59 Å². The van der Waals surface area contributed by atoms with Gasteiger partial charge in [-0.05, 0) is 37.3 Å². The highest BCUT2D eigenvalue weighted by atomic mass is 16.5. The molecule has 2 amide bonds. The van der Waals surface area contributed by atoms with Crippen molar-refractivity contribution in [2.45, 2.75) is 13.3 Å². The number of carbonyl (C=O) groups excluding carboxylic acids is 2. The molecule has 4 rings (SSSR count). The molecule has 8 heteroatoms. The SMILES string of the molecule is CCOc1ccccc1N1CC(C(=O)Nc2ccc(-n3cccn3)nc2)CC1=O. The van der Waals surface area contributed by atoms with E-state index in [9.17, 15) is 9.59 Å². The van der Waals surface area contributed by atoms with E-state index >= 15 is 0 Å². The van der Waals surface area contributed by atoms with Gasteiger partial charge in [0.15, 0.2) is 5.82 Å². The minimum absolute atomic E-state index is 0.0931. The number of aromatic nitrogens is 3. The first-order valence-corrected chi connectivity index (χ1v) is 9.45. The fraction of sp³-hybridized carbons (Fsp3) is 0.238. The Hall–Kier alpha value is -3.68. The molecule has 29 heavy (non-hydrogen) atoms. The molecular weight excluding hydrogens is 370 g/mol. The van der Waals surface area contributed by atoms with Crippen molar-refractivity contribution in [3.8, 4) is 11.6 Å². The van der Waals surface area contributed by atoms with E-state index in [2.05, 4.69) is 15.4 Å². The van der Waals surface area contributed by atoms with Crippen LogP contribution in [0, 0.1) is 5.92 Å². The zero-order valence-electron chi connectivity index (χ0n) is 16.0. The van der Waals surface area contributed by atoms with Crippen LogP contribution in [0.4, 0.5) is 11.4 Å². The molecule has 2 aromatic heterocycles. The summed E-state index contributed by atoms with van der Waals surface area (Å²) in [5, 5.41) is 6.97. The van der Waals surface area contributed by atoms with Crippen LogP contribution in [0.2, 0.25) is 0 Å². The summed E-state index contributed by atoms with van der Waals surface area (Å²) in [6, 6.07) is 12.7. The minimum Gasteiger partial charge on any atom is -0.492 e. The van der Waals surface area contributed by atoms with Gasteiger partial charge < -0.3 is 15.0 Å². The highest BCUT2D eigenvalue weighted by Gasteiger charge is 2.36. The van der Waals surface area contributed by atoms with E-state index in [1.54, 1.807) is 40.3 Å². The van der Waals surface area contributed by atoms with Crippen LogP contribution >= 0.6 is 0 Å². The molecule has 1 saturated heterocycles. The number of carbonyl (C=O) groups is 2. The number of nitrogens with one attached hydrogen (secondary N) is 1. The van der Waals surface area contributed by atoms with Gasteiger partial charge in [-0.25, -0.2) is 9.67 Å². The summed E-state index contributed by atoms with van der Waals surface area (Å²) >= 11 is 0. The summed E-state index contributed by atoms with van der Waals surface area (Å²) in [6.45, 7) is 2.71. The second-order valence-electron chi connectivity index (χ2n) is 6.65. The third-order valence-electron chi connectivity index (χ3n) is 4.71. The molecule has 148 valence electrons. The third-order valence-corrected chi connectivity index (χ3v) is 4.71. The van der Waals surface area contributed by atoms with Gasteiger partial charge in [0.2, 0.25) is 11.8 Å². The largest absolute Gasteiger partial charge is 0.492 e. The summed E-state index contributed by atoms with van der Waals surface area (Å²) in [4.78, 5) is 31.2. The van der Waals surface area contributed by atoms with E-state index in [1.165, 1.54) is 0 Å². The van der Waals surface area contributed by atoms with E-state index in [-0.39, 0.29) is 18.2 Å². The molecule has 1 unspecified atom stereocenters. The van der Waals surface area contributed by atoms with Crippen molar-refractivity contribution in [2.75, 3.05) is 23.4 Å². The lowest BCUT2D eigenvalue weighted by atomic mass is 10.1.